The minimum absolute atomic E-state index is 0.537. The van der Waals surface area contributed by atoms with Crippen molar-refractivity contribution in [2.45, 2.75) is 18.8 Å². The maximum Gasteiger partial charge on any atom is 0.163 e. The van der Waals surface area contributed by atoms with Gasteiger partial charge in [0.05, 0.1) is 13.5 Å². The number of hydrogen-bond donors (Lipinski definition) is 2. The average molecular weight is 299 g/mol. The number of aryl methyl sites for hydroxylation is 1. The van der Waals surface area contributed by atoms with E-state index in [-0.39, 0.29) is 0 Å². The molecule has 0 saturated carbocycles. The Morgan fingerprint density at radius 2 is 2.14 bits per heavy atom. The van der Waals surface area contributed by atoms with Crippen LogP contribution in [0.15, 0.2) is 30.5 Å². The van der Waals surface area contributed by atoms with Gasteiger partial charge in [-0.25, -0.2) is 0 Å². The van der Waals surface area contributed by atoms with Gasteiger partial charge in [0.1, 0.15) is 0 Å². The number of nitrogens with one attached hydrogen (secondary N) is 2. The Kier molecular flexibility index (Phi) is 3.05. The van der Waals surface area contributed by atoms with Crippen LogP contribution in [0.25, 0.3) is 10.9 Å². The van der Waals surface area contributed by atoms with E-state index in [0.29, 0.717) is 5.92 Å². The van der Waals surface area contributed by atoms with Gasteiger partial charge in [-0.1, -0.05) is 12.1 Å². The molecule has 0 bridgehead atoms. The zero-order valence-electron chi connectivity index (χ0n) is 14.8. The fourth-order valence-electron chi connectivity index (χ4n) is 3.34. The van der Waals surface area contributed by atoms with Crippen LogP contribution in [0.2, 0.25) is 0 Å². The van der Waals surface area contributed by atoms with E-state index in [1.54, 1.807) is 17.2 Å². The summed E-state index contributed by atoms with van der Waals surface area (Å²) in [5.74, 6) is 1.37. The van der Waals surface area contributed by atoms with E-state index in [2.05, 4.69) is 33.9 Å². The van der Waals surface area contributed by atoms with Gasteiger partial charge in [-0.15, -0.1) is 0 Å². The number of rotatable bonds is 2. The van der Waals surface area contributed by atoms with E-state index in [1.165, 1.54) is 18.4 Å². The van der Waals surface area contributed by atoms with Crippen LogP contribution in [0.4, 0.5) is 5.82 Å². The standard InChI is InChI=1S/C17H23N5/c1-21-16-11-14(13-5-8-18-9-6-13)3-4-15(16)17(20-21)22-10-2-7-19-12-22/h2-4,10-11,13,18-19H,5-9,12H2,1H3/i7D,12D. The van der Waals surface area contributed by atoms with Gasteiger partial charge in [-0.3, -0.25) is 10.00 Å². The molecule has 5 nitrogen and oxygen atoms in total. The van der Waals surface area contributed by atoms with Gasteiger partial charge >= 0.3 is 0 Å². The van der Waals surface area contributed by atoms with Crippen molar-refractivity contribution in [1.82, 2.24) is 20.4 Å². The minimum Gasteiger partial charge on any atom is -0.318 e. The molecule has 1 aromatic carbocycles. The summed E-state index contributed by atoms with van der Waals surface area (Å²) in [6, 6.07) is 6.58. The molecule has 2 aliphatic heterocycles. The monoisotopic (exact) mass is 299 g/mol. The zero-order valence-corrected chi connectivity index (χ0v) is 12.8. The second kappa shape index (κ2) is 5.74. The highest BCUT2D eigenvalue weighted by atomic mass is 15.4. The summed E-state index contributed by atoms with van der Waals surface area (Å²) in [5.41, 5.74) is 2.47. The smallest absolute Gasteiger partial charge is 0.163 e. The highest BCUT2D eigenvalue weighted by Gasteiger charge is 2.19. The first kappa shape index (κ1) is 11.7. The van der Waals surface area contributed by atoms with Crippen LogP contribution in [0.1, 0.15) is 27.1 Å². The Morgan fingerprint density at radius 3 is 2.95 bits per heavy atom. The third-order valence-electron chi connectivity index (χ3n) is 4.56. The van der Waals surface area contributed by atoms with Crippen molar-refractivity contribution in [2.24, 2.45) is 7.05 Å². The predicted molar refractivity (Wildman–Crippen MR) is 90.0 cm³/mol. The molecule has 0 aliphatic carbocycles. The summed E-state index contributed by atoms with van der Waals surface area (Å²) >= 11 is 0. The zero-order chi connectivity index (χ0) is 16.7. The van der Waals surface area contributed by atoms with E-state index in [0.717, 1.165) is 29.8 Å². The molecule has 3 heterocycles. The van der Waals surface area contributed by atoms with Crippen molar-refractivity contribution in [3.63, 3.8) is 0 Å². The van der Waals surface area contributed by atoms with Crippen molar-refractivity contribution in [2.75, 3.05) is 31.2 Å². The van der Waals surface area contributed by atoms with E-state index >= 15 is 0 Å². The van der Waals surface area contributed by atoms with E-state index in [4.69, 9.17) is 2.74 Å². The Balaban J connectivity index is 1.72. The quantitative estimate of drug-likeness (QED) is 0.889. The molecular formula is C17H23N5. The lowest BCUT2D eigenvalue weighted by Gasteiger charge is -2.23. The van der Waals surface area contributed by atoms with Crippen molar-refractivity contribution in [3.05, 3.63) is 36.0 Å². The Labute approximate surface area is 133 Å². The molecule has 1 aromatic heterocycles. The molecule has 0 spiro atoms. The minimum atomic E-state index is -0.695. The summed E-state index contributed by atoms with van der Waals surface area (Å²) in [6.45, 7) is 0.932. The second-order valence-corrected chi connectivity index (χ2v) is 5.96. The van der Waals surface area contributed by atoms with Crippen LogP contribution in [0.5, 0.6) is 0 Å². The van der Waals surface area contributed by atoms with Crippen LogP contribution in [-0.4, -0.2) is 36.0 Å². The number of nitrogens with zero attached hydrogens (tertiary/aromatic N) is 3. The maximum atomic E-state index is 8.17. The first-order valence-corrected chi connectivity index (χ1v) is 7.88. The number of fused-ring (bicyclic) bond motifs is 1. The van der Waals surface area contributed by atoms with Gasteiger partial charge in [0, 0.05) is 26.5 Å². The summed E-state index contributed by atoms with van der Waals surface area (Å²) in [7, 11) is 1.95. The molecule has 116 valence electrons. The molecular weight excluding hydrogens is 274 g/mol. The normalized spacial score (nSPS) is 28.0. The molecule has 2 unspecified atom stereocenters. The summed E-state index contributed by atoms with van der Waals surface area (Å²) in [4.78, 5) is 1.78. The highest BCUT2D eigenvalue weighted by Crippen LogP contribution is 2.31. The number of aromatic nitrogens is 2. The SMILES string of the molecule is [2H]C1C=CN(c2nn(C)c3cc(C4CCNCC4)ccc23)C([2H])N1. The summed E-state index contributed by atoms with van der Waals surface area (Å²) in [5, 5.41) is 12.0. The molecule has 2 aromatic rings. The predicted octanol–water partition coefficient (Wildman–Crippen LogP) is 1.92. The second-order valence-electron chi connectivity index (χ2n) is 5.96. The summed E-state index contributed by atoms with van der Waals surface area (Å²) < 4.78 is 17.8. The van der Waals surface area contributed by atoms with Crippen molar-refractivity contribution < 1.29 is 2.74 Å². The number of piperidine rings is 1. The third kappa shape index (κ3) is 2.40. The topological polar surface area (TPSA) is 45.1 Å². The maximum absolute atomic E-state index is 8.17. The van der Waals surface area contributed by atoms with Crippen LogP contribution in [-0.2, 0) is 7.05 Å². The van der Waals surface area contributed by atoms with Crippen LogP contribution >= 0.6 is 0 Å². The van der Waals surface area contributed by atoms with Gasteiger partial charge in [0.25, 0.3) is 0 Å². The lowest BCUT2D eigenvalue weighted by Crippen LogP contribution is -2.34. The van der Waals surface area contributed by atoms with Gasteiger partial charge in [-0.05, 0) is 49.5 Å². The fraction of sp³-hybridized carbons (Fsp3) is 0.471. The first-order valence-electron chi connectivity index (χ1n) is 9.03. The first-order chi connectivity index (χ1) is 11.6. The Morgan fingerprint density at radius 1 is 1.27 bits per heavy atom. The molecule has 22 heavy (non-hydrogen) atoms. The molecule has 2 aliphatic rings. The largest absolute Gasteiger partial charge is 0.318 e. The molecule has 5 heteroatoms. The van der Waals surface area contributed by atoms with Gasteiger partial charge < -0.3 is 10.2 Å². The lowest BCUT2D eigenvalue weighted by atomic mass is 9.90. The molecule has 1 saturated heterocycles. The van der Waals surface area contributed by atoms with Crippen molar-refractivity contribution >= 4 is 16.7 Å². The van der Waals surface area contributed by atoms with Gasteiger partial charge in [0.2, 0.25) is 0 Å². The highest BCUT2D eigenvalue weighted by molar-refractivity contribution is 5.91. The number of hydrogen-bond acceptors (Lipinski definition) is 4. The van der Waals surface area contributed by atoms with Crippen LogP contribution in [0, 0.1) is 0 Å². The molecule has 2 N–H and O–H groups in total. The van der Waals surface area contributed by atoms with Crippen LogP contribution in [0.3, 0.4) is 0 Å². The molecule has 0 radical (unpaired) electrons. The fourth-order valence-corrected chi connectivity index (χ4v) is 3.34. The van der Waals surface area contributed by atoms with E-state index in [9.17, 15) is 0 Å². The van der Waals surface area contributed by atoms with E-state index in [1.807, 2.05) is 11.7 Å². The van der Waals surface area contributed by atoms with Crippen molar-refractivity contribution in [1.29, 1.82) is 0 Å². The Bertz CT molecular complexity index is 766. The third-order valence-corrected chi connectivity index (χ3v) is 4.56. The van der Waals surface area contributed by atoms with Crippen LogP contribution < -0.4 is 15.5 Å². The molecule has 1 fully saturated rings. The Hall–Kier alpha value is -1.85. The van der Waals surface area contributed by atoms with E-state index < -0.39 is 13.2 Å². The van der Waals surface area contributed by atoms with Gasteiger partial charge in [0.15, 0.2) is 5.82 Å². The molecule has 4 rings (SSSR count). The lowest BCUT2D eigenvalue weighted by molar-refractivity contribution is 0.460. The number of anilines is 1. The molecule has 2 atom stereocenters. The van der Waals surface area contributed by atoms with Crippen molar-refractivity contribution in [3.8, 4) is 0 Å². The average Bonchev–Trinajstić information content (AvgIpc) is 2.92. The summed E-state index contributed by atoms with van der Waals surface area (Å²) in [6.07, 6.45) is 5.87. The van der Waals surface area contributed by atoms with Gasteiger partial charge in [-0.2, -0.15) is 5.10 Å². The number of benzene rings is 1. The molecule has 0 amide bonds.